The van der Waals surface area contributed by atoms with Crippen molar-refractivity contribution in [2.75, 3.05) is 13.7 Å². The lowest BCUT2D eigenvalue weighted by Gasteiger charge is -2.44. The van der Waals surface area contributed by atoms with Crippen molar-refractivity contribution in [3.05, 3.63) is 46.5 Å². The normalized spacial score (nSPS) is 36.6. The van der Waals surface area contributed by atoms with Gasteiger partial charge in [0.15, 0.2) is 5.60 Å². The highest BCUT2D eigenvalue weighted by Gasteiger charge is 2.53. The van der Waals surface area contributed by atoms with E-state index in [9.17, 15) is 4.79 Å². The van der Waals surface area contributed by atoms with Gasteiger partial charge in [-0.05, 0) is 85.6 Å². The van der Waals surface area contributed by atoms with Crippen molar-refractivity contribution >= 4 is 21.9 Å². The maximum Gasteiger partial charge on any atom is 0.340 e. The van der Waals surface area contributed by atoms with Gasteiger partial charge in [0.05, 0.1) is 7.11 Å². The lowest BCUT2D eigenvalue weighted by Crippen LogP contribution is -2.38. The van der Waals surface area contributed by atoms with Crippen LogP contribution in [0.3, 0.4) is 0 Å². The molecule has 0 N–H and O–H groups in total. The maximum atomic E-state index is 12.6. The highest BCUT2D eigenvalue weighted by molar-refractivity contribution is 9.11. The standard InChI is InChI=1S/C28H40BrNO3/c1-20(24-12-13-25-22(19-29)11-8-15-27(24,25)2)17-23-18-28(3,26(31)32-4)33-30(23)16-14-21-9-6-5-7-10-21/h5-7,9-10,19-20,23-25H,8,11-18H2,1-4H3/t20-,23?,24-,25+,27-,28?/m1/s1. The van der Waals surface area contributed by atoms with Crippen molar-refractivity contribution in [3.8, 4) is 0 Å². The lowest BCUT2D eigenvalue weighted by molar-refractivity contribution is -0.215. The van der Waals surface area contributed by atoms with Gasteiger partial charge < -0.3 is 4.74 Å². The molecule has 1 aliphatic heterocycles. The van der Waals surface area contributed by atoms with Crippen LogP contribution in [-0.2, 0) is 20.8 Å². The zero-order chi connectivity index (χ0) is 23.6. The zero-order valence-corrected chi connectivity index (χ0v) is 22.3. The third kappa shape index (κ3) is 4.97. The number of hydrogen-bond acceptors (Lipinski definition) is 4. The van der Waals surface area contributed by atoms with Gasteiger partial charge in [0.2, 0.25) is 0 Å². The quantitative estimate of drug-likeness (QED) is 0.377. The first kappa shape index (κ1) is 24.9. The van der Waals surface area contributed by atoms with Crippen LogP contribution >= 0.6 is 15.9 Å². The van der Waals surface area contributed by atoms with E-state index >= 15 is 0 Å². The Morgan fingerprint density at radius 2 is 2.06 bits per heavy atom. The molecule has 0 radical (unpaired) electrons. The summed E-state index contributed by atoms with van der Waals surface area (Å²) >= 11 is 3.65. The molecule has 1 heterocycles. The van der Waals surface area contributed by atoms with Crippen LogP contribution in [0, 0.1) is 23.2 Å². The number of fused-ring (bicyclic) bond motifs is 1. The van der Waals surface area contributed by atoms with E-state index in [0.717, 1.165) is 19.4 Å². The molecule has 5 heteroatoms. The van der Waals surface area contributed by atoms with Crippen LogP contribution < -0.4 is 0 Å². The second-order valence-electron chi connectivity index (χ2n) is 11.0. The van der Waals surface area contributed by atoms with Crippen molar-refractivity contribution in [1.29, 1.82) is 0 Å². The van der Waals surface area contributed by atoms with E-state index in [1.807, 2.05) is 13.0 Å². The predicted octanol–water partition coefficient (Wildman–Crippen LogP) is 6.69. The van der Waals surface area contributed by atoms with E-state index in [1.54, 1.807) is 5.57 Å². The first-order chi connectivity index (χ1) is 15.8. The Labute approximate surface area is 208 Å². The molecule has 2 unspecified atom stereocenters. The average molecular weight is 519 g/mol. The number of ether oxygens (including phenoxy) is 1. The summed E-state index contributed by atoms with van der Waals surface area (Å²) in [7, 11) is 1.46. The molecule has 1 aromatic rings. The van der Waals surface area contributed by atoms with Gasteiger partial charge >= 0.3 is 5.97 Å². The topological polar surface area (TPSA) is 38.8 Å². The van der Waals surface area contributed by atoms with E-state index in [-0.39, 0.29) is 12.0 Å². The molecule has 4 nitrogen and oxygen atoms in total. The molecule has 1 saturated heterocycles. The fourth-order valence-corrected chi connectivity index (χ4v) is 7.86. The van der Waals surface area contributed by atoms with Crippen LogP contribution in [0.25, 0.3) is 0 Å². The minimum absolute atomic E-state index is 0.227. The molecule has 182 valence electrons. The average Bonchev–Trinajstić information content (AvgIpc) is 3.34. The van der Waals surface area contributed by atoms with Gasteiger partial charge in [-0.25, -0.2) is 4.79 Å². The number of benzene rings is 1. The molecule has 0 aromatic heterocycles. The summed E-state index contributed by atoms with van der Waals surface area (Å²) in [5, 5.41) is 2.10. The summed E-state index contributed by atoms with van der Waals surface area (Å²) in [6, 6.07) is 10.7. The molecule has 0 bridgehead atoms. The number of carbonyl (C=O) groups excluding carboxylic acids is 1. The molecule has 33 heavy (non-hydrogen) atoms. The van der Waals surface area contributed by atoms with Crippen molar-refractivity contribution in [2.45, 2.75) is 83.8 Å². The Morgan fingerprint density at radius 3 is 2.76 bits per heavy atom. The van der Waals surface area contributed by atoms with Crippen molar-refractivity contribution < 1.29 is 14.4 Å². The number of hydrogen-bond donors (Lipinski definition) is 0. The van der Waals surface area contributed by atoms with Crippen molar-refractivity contribution in [3.63, 3.8) is 0 Å². The van der Waals surface area contributed by atoms with Gasteiger partial charge in [-0.3, -0.25) is 4.84 Å². The van der Waals surface area contributed by atoms with Crippen LogP contribution in [0.2, 0.25) is 0 Å². The highest BCUT2D eigenvalue weighted by Crippen LogP contribution is 2.60. The third-order valence-corrected chi connectivity index (χ3v) is 9.53. The van der Waals surface area contributed by atoms with Gasteiger partial charge in [0.25, 0.3) is 0 Å². The van der Waals surface area contributed by atoms with E-state index in [2.05, 4.69) is 64.1 Å². The van der Waals surface area contributed by atoms with E-state index in [1.165, 1.54) is 44.8 Å². The van der Waals surface area contributed by atoms with Gasteiger partial charge in [0, 0.05) is 19.0 Å². The van der Waals surface area contributed by atoms with Crippen molar-refractivity contribution in [2.24, 2.45) is 23.2 Å². The number of allylic oxidation sites excluding steroid dienone is 1. The SMILES string of the molecule is COC(=O)C1(C)CC(C[C@@H](C)[C@H]2CC[C@H]3C(=CBr)CCC[C@]23C)N(CCc2ccccc2)O1. The molecule has 2 saturated carbocycles. The lowest BCUT2D eigenvalue weighted by atomic mass is 9.61. The van der Waals surface area contributed by atoms with E-state index in [4.69, 9.17) is 9.57 Å². The minimum Gasteiger partial charge on any atom is -0.467 e. The van der Waals surface area contributed by atoms with Crippen molar-refractivity contribution in [1.82, 2.24) is 5.06 Å². The van der Waals surface area contributed by atoms with E-state index in [0.29, 0.717) is 29.6 Å². The smallest absolute Gasteiger partial charge is 0.340 e. The van der Waals surface area contributed by atoms with Crippen LogP contribution in [0.5, 0.6) is 0 Å². The summed E-state index contributed by atoms with van der Waals surface area (Å²) in [5.74, 6) is 1.75. The predicted molar refractivity (Wildman–Crippen MR) is 136 cm³/mol. The van der Waals surface area contributed by atoms with Gasteiger partial charge in [-0.15, -0.1) is 0 Å². The summed E-state index contributed by atoms with van der Waals surface area (Å²) in [6.45, 7) is 7.65. The zero-order valence-electron chi connectivity index (χ0n) is 20.7. The second kappa shape index (κ2) is 10.2. The number of methoxy groups -OCH3 is 1. The Bertz CT molecular complexity index is 858. The Hall–Kier alpha value is -1.17. The molecule has 4 rings (SSSR count). The molecule has 3 fully saturated rings. The van der Waals surface area contributed by atoms with Gasteiger partial charge in [-0.1, -0.05) is 65.7 Å². The fourth-order valence-electron chi connectivity index (χ4n) is 7.31. The molecule has 0 amide bonds. The Balaban J connectivity index is 1.48. The van der Waals surface area contributed by atoms with Crippen LogP contribution in [0.4, 0.5) is 0 Å². The number of halogens is 1. The second-order valence-corrected chi connectivity index (χ2v) is 11.5. The highest BCUT2D eigenvalue weighted by atomic mass is 79.9. The number of rotatable bonds is 7. The number of hydroxylamine groups is 2. The van der Waals surface area contributed by atoms with Crippen LogP contribution in [0.1, 0.15) is 71.3 Å². The molecule has 2 aliphatic carbocycles. The maximum absolute atomic E-state index is 12.6. The minimum atomic E-state index is -0.894. The molecular weight excluding hydrogens is 478 g/mol. The summed E-state index contributed by atoms with van der Waals surface area (Å²) in [5.41, 5.74) is 2.40. The Kier molecular flexibility index (Phi) is 7.72. The number of nitrogens with zero attached hydrogens (tertiary/aromatic N) is 1. The van der Waals surface area contributed by atoms with E-state index < -0.39 is 5.60 Å². The monoisotopic (exact) mass is 517 g/mol. The Morgan fingerprint density at radius 1 is 1.30 bits per heavy atom. The fraction of sp³-hybridized carbons (Fsp3) is 0.679. The van der Waals surface area contributed by atoms with Crippen LogP contribution in [0.15, 0.2) is 40.9 Å². The largest absolute Gasteiger partial charge is 0.467 e. The molecular formula is C28H40BrNO3. The first-order valence-corrected chi connectivity index (χ1v) is 13.6. The molecule has 1 aromatic carbocycles. The van der Waals surface area contributed by atoms with Gasteiger partial charge in [0.1, 0.15) is 0 Å². The first-order valence-electron chi connectivity index (χ1n) is 12.7. The third-order valence-electron chi connectivity index (χ3n) is 8.94. The van der Waals surface area contributed by atoms with Gasteiger partial charge in [-0.2, -0.15) is 5.06 Å². The summed E-state index contributed by atoms with van der Waals surface area (Å²) in [6.07, 6.45) is 9.14. The molecule has 6 atom stereocenters. The summed E-state index contributed by atoms with van der Waals surface area (Å²) < 4.78 is 5.11. The van der Waals surface area contributed by atoms with Crippen LogP contribution in [-0.4, -0.2) is 36.3 Å². The number of carbonyl (C=O) groups is 1. The summed E-state index contributed by atoms with van der Waals surface area (Å²) in [4.78, 5) is 21.1. The number of esters is 1. The molecule has 3 aliphatic rings. The molecule has 0 spiro atoms.